The van der Waals surface area contributed by atoms with Crippen molar-refractivity contribution >= 4 is 36.4 Å². The molecule has 0 aromatic carbocycles. The van der Waals surface area contributed by atoms with E-state index < -0.39 is 42.4 Å². The van der Waals surface area contributed by atoms with Crippen LogP contribution in [0.15, 0.2) is 0 Å². The number of aliphatic carboxylic acids is 2. The van der Waals surface area contributed by atoms with Gasteiger partial charge in [0, 0.05) is 12.2 Å². The summed E-state index contributed by atoms with van der Waals surface area (Å²) in [6.45, 7) is -0.577. The number of hydrogen-bond acceptors (Lipinski definition) is 7. The smallest absolute Gasteiger partial charge is 0.665 e. The van der Waals surface area contributed by atoms with Crippen LogP contribution in [-0.4, -0.2) is 58.3 Å². The van der Waals surface area contributed by atoms with Crippen LogP contribution in [0.25, 0.3) is 16.9 Å². The summed E-state index contributed by atoms with van der Waals surface area (Å²) < 4.78 is 0. The molecule has 0 bridgehead atoms. The van der Waals surface area contributed by atoms with E-state index in [1.807, 2.05) is 0 Å². The molecule has 25 heavy (non-hydrogen) atoms. The first-order chi connectivity index (χ1) is 11.3. The van der Waals surface area contributed by atoms with Crippen molar-refractivity contribution in [1.29, 1.82) is 0 Å². The molecule has 0 rings (SSSR count). The van der Waals surface area contributed by atoms with E-state index in [9.17, 15) is 19.2 Å². The molecule has 0 fully saturated rings. The number of nitrogens with zero attached hydrogens (tertiary/aromatic N) is 2. The van der Waals surface area contributed by atoms with E-state index in [1.165, 1.54) is 0 Å². The van der Waals surface area contributed by atoms with Gasteiger partial charge in [0.05, 0.1) is 0 Å². The monoisotopic (exact) mass is 422 g/mol. The number of thiol groups is 1. The number of nitroso groups, excluding NO2 is 2. The minimum Gasteiger partial charge on any atom is -0.665 e. The van der Waals surface area contributed by atoms with Crippen molar-refractivity contribution in [2.45, 2.75) is 24.9 Å². The van der Waals surface area contributed by atoms with E-state index >= 15 is 0 Å². The van der Waals surface area contributed by atoms with Crippen molar-refractivity contribution in [3.05, 3.63) is 26.7 Å². The van der Waals surface area contributed by atoms with E-state index in [-0.39, 0.29) is 35.7 Å². The van der Waals surface area contributed by atoms with Gasteiger partial charge in [-0.3, -0.25) is 19.2 Å². The molecule has 0 aliphatic rings. The van der Waals surface area contributed by atoms with Gasteiger partial charge in [-0.25, -0.2) is 0 Å². The molecule has 0 aromatic rings. The van der Waals surface area contributed by atoms with Gasteiger partial charge in [-0.15, -0.1) is 0 Å². The third kappa shape index (κ3) is 18.1. The molecule has 13 nitrogen and oxygen atoms in total. The molecule has 2 atom stereocenters. The summed E-state index contributed by atoms with van der Waals surface area (Å²) in [6, 6.07) is -2.42. The second-order valence-corrected chi connectivity index (χ2v) is 4.21. The first-order valence-corrected chi connectivity index (χ1v) is 6.61. The average molecular weight is 422 g/mol. The largest absolute Gasteiger partial charge is 3.00 e. The number of nitrogens with one attached hydrogen (secondary N) is 3. The van der Waals surface area contributed by atoms with Gasteiger partial charge in [-0.05, 0) is 6.04 Å². The van der Waals surface area contributed by atoms with E-state index in [4.69, 9.17) is 36.9 Å². The number of carboxylic acids is 2. The quantitative estimate of drug-likeness (QED) is 0.240. The average Bonchev–Trinajstić information content (AvgIpc) is 2.58. The van der Waals surface area contributed by atoms with Crippen molar-refractivity contribution in [3.8, 4) is 0 Å². The van der Waals surface area contributed by atoms with Crippen LogP contribution in [-0.2, 0) is 36.2 Å². The predicted molar refractivity (Wildman–Crippen MR) is 84.9 cm³/mol. The van der Waals surface area contributed by atoms with Gasteiger partial charge in [-0.2, -0.15) is 12.6 Å². The molecule has 0 aromatic heterocycles. The molecule has 1 radical (unpaired) electrons. The summed E-state index contributed by atoms with van der Waals surface area (Å²) in [5.41, 5.74) is 18.6. The molecule has 0 unspecified atom stereocenters. The molecule has 0 aliphatic heterocycles. The Kier molecular flexibility index (Phi) is 24.5. The number of carboxylic acid groups (broad SMARTS) is 2. The Hall–Kier alpha value is -2.09. The molecule has 143 valence electrons. The fourth-order valence-electron chi connectivity index (χ4n) is 1.15. The van der Waals surface area contributed by atoms with Gasteiger partial charge in [0.15, 0.2) is 0 Å². The Balaban J connectivity index is -0.000000408. The molecule has 15 heteroatoms. The Labute approximate surface area is 157 Å². The van der Waals surface area contributed by atoms with Crippen LogP contribution in [0.2, 0.25) is 0 Å². The molecule has 0 saturated carbocycles. The van der Waals surface area contributed by atoms with Crippen molar-refractivity contribution in [3.63, 3.8) is 0 Å². The summed E-state index contributed by atoms with van der Waals surface area (Å²) in [6.07, 6.45) is -0.409. The van der Waals surface area contributed by atoms with Crippen molar-refractivity contribution in [2.75, 3.05) is 12.3 Å². The van der Waals surface area contributed by atoms with Crippen molar-refractivity contribution in [2.24, 2.45) is 0 Å². The maximum atomic E-state index is 11.5. The number of amides is 2. The second kappa shape index (κ2) is 20.0. The van der Waals surface area contributed by atoms with Crippen LogP contribution in [0.4, 0.5) is 0 Å². The van der Waals surface area contributed by atoms with Gasteiger partial charge in [0.2, 0.25) is 11.8 Å². The zero-order valence-electron chi connectivity index (χ0n) is 12.5. The Morgan fingerprint density at radius 2 is 1.56 bits per heavy atom. The Morgan fingerprint density at radius 3 is 1.92 bits per heavy atom. The molecule has 2 amide bonds. The predicted octanol–water partition coefficient (Wildman–Crippen LogP) is -0.471. The normalized spacial score (nSPS) is 10.8. The van der Waals surface area contributed by atoms with Crippen LogP contribution >= 0.6 is 12.6 Å². The number of carbonyl (C=O) groups is 4. The standard InChI is InChI=1S/C10H16N3O6S.Fe.2NO/c11-5(10(18)19)1-2-7(14)13-6(4-20)9(17)12-3-8(15)16;;2*1-2/h5-6,11,20H,1-4H2,(H,12,17)(H,13,14)(H,15,16)(H,18,19);;;/q-1;+3;2*-1/t5-,6-;;;/m0.../s1. The third-order valence-corrected chi connectivity index (χ3v) is 2.57. The fraction of sp³-hybridized carbons (Fsp3) is 0.600. The molecule has 0 aliphatic carbocycles. The summed E-state index contributed by atoms with van der Waals surface area (Å²) in [5, 5.41) is 21.3. The molecular weight excluding hydrogens is 406 g/mol. The maximum absolute atomic E-state index is 11.5. The molecule has 0 saturated heterocycles. The summed E-state index contributed by atoms with van der Waals surface area (Å²) in [7, 11) is 0. The first kappa shape index (κ1) is 30.8. The summed E-state index contributed by atoms with van der Waals surface area (Å²) in [5.74, 6) is -3.89. The molecule has 0 heterocycles. The topological polar surface area (TPSA) is 235 Å². The minimum atomic E-state index is -1.41. The van der Waals surface area contributed by atoms with Crippen LogP contribution in [0, 0.1) is 9.81 Å². The van der Waals surface area contributed by atoms with E-state index in [0.29, 0.717) is 0 Å². The van der Waals surface area contributed by atoms with Crippen LogP contribution in [0.5, 0.6) is 0 Å². The zero-order chi connectivity index (χ0) is 19.7. The number of hydrogen-bond donors (Lipinski definition) is 5. The number of carbonyl (C=O) groups excluding carboxylic acids is 2. The Bertz CT molecular complexity index is 428. The maximum Gasteiger partial charge on any atom is 3.00 e. The van der Waals surface area contributed by atoms with E-state index in [1.54, 1.807) is 0 Å². The summed E-state index contributed by atoms with van der Waals surface area (Å²) in [4.78, 5) is 58.1. The zero-order valence-corrected chi connectivity index (χ0v) is 14.5. The minimum absolute atomic E-state index is 0. The molecule has 5 N–H and O–H groups in total. The van der Waals surface area contributed by atoms with E-state index in [2.05, 4.69) is 23.3 Å². The van der Waals surface area contributed by atoms with Crippen LogP contribution in [0.3, 0.4) is 0 Å². The second-order valence-electron chi connectivity index (χ2n) is 3.84. The Morgan fingerprint density at radius 1 is 1.08 bits per heavy atom. The summed E-state index contributed by atoms with van der Waals surface area (Å²) >= 11 is 3.86. The molecular formula is C10H16FeN5O8S. The third-order valence-electron chi connectivity index (χ3n) is 2.21. The van der Waals surface area contributed by atoms with Gasteiger partial charge in [-0.1, -0.05) is 6.42 Å². The van der Waals surface area contributed by atoms with Gasteiger partial charge >= 0.3 is 23.0 Å². The van der Waals surface area contributed by atoms with E-state index in [0.717, 1.165) is 0 Å². The number of rotatable bonds is 9. The molecule has 0 spiro atoms. The van der Waals surface area contributed by atoms with Crippen molar-refractivity contribution < 1.29 is 46.5 Å². The van der Waals surface area contributed by atoms with Crippen LogP contribution < -0.4 is 10.6 Å². The SMILES string of the molecule is [Fe+3].[N-]=O.[N-]=O.[NH-][C@@H](CCC(=O)N[C@@H](CS)C(=O)NCC(=O)O)C(=O)O. The van der Waals surface area contributed by atoms with Gasteiger partial charge in [0.1, 0.15) is 12.6 Å². The fourth-order valence-corrected chi connectivity index (χ4v) is 1.40. The first-order valence-electron chi connectivity index (χ1n) is 5.98. The van der Waals surface area contributed by atoms with Gasteiger partial charge in [0.25, 0.3) is 5.97 Å². The van der Waals surface area contributed by atoms with Crippen LogP contribution in [0.1, 0.15) is 12.8 Å². The van der Waals surface area contributed by atoms with Gasteiger partial charge < -0.3 is 47.6 Å². The van der Waals surface area contributed by atoms with Crippen molar-refractivity contribution in [1.82, 2.24) is 10.6 Å².